The van der Waals surface area contributed by atoms with Crippen molar-refractivity contribution in [2.75, 3.05) is 6.54 Å². The summed E-state index contributed by atoms with van der Waals surface area (Å²) in [6.45, 7) is 6.85. The molecular formula is C15H21N3O2S. The van der Waals surface area contributed by atoms with Crippen LogP contribution in [-0.2, 0) is 22.3 Å². The van der Waals surface area contributed by atoms with E-state index in [-0.39, 0.29) is 5.75 Å². The van der Waals surface area contributed by atoms with Crippen LogP contribution in [-0.4, -0.2) is 24.7 Å². The van der Waals surface area contributed by atoms with E-state index in [1.807, 2.05) is 55.8 Å². The SMILES string of the molecule is Cc1nn(CCNS(=O)(=O)Cc2ccccc2)c(C)c1C. The van der Waals surface area contributed by atoms with Crippen molar-refractivity contribution in [2.45, 2.75) is 33.1 Å². The first-order valence-corrected chi connectivity index (χ1v) is 8.56. The van der Waals surface area contributed by atoms with Gasteiger partial charge in [-0.1, -0.05) is 30.3 Å². The van der Waals surface area contributed by atoms with Crippen molar-refractivity contribution in [3.63, 3.8) is 0 Å². The van der Waals surface area contributed by atoms with Gasteiger partial charge in [-0.05, 0) is 31.9 Å². The zero-order valence-electron chi connectivity index (χ0n) is 12.6. The van der Waals surface area contributed by atoms with Crippen LogP contribution in [0.3, 0.4) is 0 Å². The highest BCUT2D eigenvalue weighted by molar-refractivity contribution is 7.88. The molecule has 1 N–H and O–H groups in total. The predicted molar refractivity (Wildman–Crippen MR) is 83.5 cm³/mol. The molecule has 6 heteroatoms. The molecule has 0 bridgehead atoms. The van der Waals surface area contributed by atoms with Crippen LogP contribution >= 0.6 is 0 Å². The second-order valence-electron chi connectivity index (χ2n) is 5.16. The van der Waals surface area contributed by atoms with E-state index in [0.717, 1.165) is 22.5 Å². The lowest BCUT2D eigenvalue weighted by atomic mass is 10.2. The van der Waals surface area contributed by atoms with Crippen LogP contribution in [0.15, 0.2) is 30.3 Å². The van der Waals surface area contributed by atoms with Gasteiger partial charge in [-0.3, -0.25) is 4.68 Å². The third-order valence-corrected chi connectivity index (χ3v) is 4.95. The maximum Gasteiger partial charge on any atom is 0.215 e. The van der Waals surface area contributed by atoms with Crippen molar-refractivity contribution in [3.8, 4) is 0 Å². The van der Waals surface area contributed by atoms with E-state index in [1.165, 1.54) is 0 Å². The fourth-order valence-electron chi connectivity index (χ4n) is 2.16. The molecule has 21 heavy (non-hydrogen) atoms. The molecule has 0 unspecified atom stereocenters. The summed E-state index contributed by atoms with van der Waals surface area (Å²) in [7, 11) is -3.31. The molecule has 5 nitrogen and oxygen atoms in total. The van der Waals surface area contributed by atoms with Crippen LogP contribution in [0, 0.1) is 20.8 Å². The summed E-state index contributed by atoms with van der Waals surface area (Å²) >= 11 is 0. The molecule has 0 radical (unpaired) electrons. The topological polar surface area (TPSA) is 64.0 Å². The highest BCUT2D eigenvalue weighted by atomic mass is 32.2. The second-order valence-corrected chi connectivity index (χ2v) is 6.96. The Morgan fingerprint density at radius 1 is 1.14 bits per heavy atom. The van der Waals surface area contributed by atoms with Crippen molar-refractivity contribution >= 4 is 10.0 Å². The molecule has 0 amide bonds. The Bertz CT molecular complexity index is 706. The largest absolute Gasteiger partial charge is 0.268 e. The third-order valence-electron chi connectivity index (χ3n) is 3.59. The molecule has 1 heterocycles. The van der Waals surface area contributed by atoms with Gasteiger partial charge in [0.2, 0.25) is 10.0 Å². The molecule has 1 aromatic heterocycles. The van der Waals surface area contributed by atoms with Crippen molar-refractivity contribution in [2.24, 2.45) is 0 Å². The number of benzene rings is 1. The van der Waals surface area contributed by atoms with Crippen LogP contribution in [0.25, 0.3) is 0 Å². The summed E-state index contributed by atoms with van der Waals surface area (Å²) in [6.07, 6.45) is 0. The van der Waals surface area contributed by atoms with Crippen LogP contribution < -0.4 is 4.72 Å². The quantitative estimate of drug-likeness (QED) is 0.887. The molecule has 0 atom stereocenters. The zero-order valence-corrected chi connectivity index (χ0v) is 13.4. The molecule has 114 valence electrons. The third kappa shape index (κ3) is 4.15. The molecule has 0 saturated heterocycles. The molecule has 0 aliphatic carbocycles. The van der Waals surface area contributed by atoms with Crippen molar-refractivity contribution in [1.29, 1.82) is 0 Å². The molecule has 0 aliphatic heterocycles. The highest BCUT2D eigenvalue weighted by Gasteiger charge is 2.12. The minimum absolute atomic E-state index is 0.00395. The van der Waals surface area contributed by atoms with Gasteiger partial charge in [0.25, 0.3) is 0 Å². The Hall–Kier alpha value is -1.66. The Kier molecular flexibility index (Phi) is 4.80. The smallest absolute Gasteiger partial charge is 0.215 e. The summed E-state index contributed by atoms with van der Waals surface area (Å²) in [5.41, 5.74) is 4.00. The second kappa shape index (κ2) is 6.41. The van der Waals surface area contributed by atoms with E-state index < -0.39 is 10.0 Å². The minimum atomic E-state index is -3.31. The average molecular weight is 307 g/mol. The number of nitrogens with one attached hydrogen (secondary N) is 1. The van der Waals surface area contributed by atoms with E-state index in [9.17, 15) is 8.42 Å². The first-order chi connectivity index (χ1) is 9.89. The predicted octanol–water partition coefficient (Wildman–Crippen LogP) is 1.93. The van der Waals surface area contributed by atoms with Gasteiger partial charge in [-0.2, -0.15) is 5.10 Å². The van der Waals surface area contributed by atoms with E-state index in [0.29, 0.717) is 13.1 Å². The molecule has 1 aromatic carbocycles. The van der Waals surface area contributed by atoms with Crippen molar-refractivity contribution in [1.82, 2.24) is 14.5 Å². The summed E-state index contributed by atoms with van der Waals surface area (Å²) in [4.78, 5) is 0. The number of hydrogen-bond acceptors (Lipinski definition) is 3. The molecule has 2 rings (SSSR count). The molecule has 0 saturated carbocycles. The van der Waals surface area contributed by atoms with E-state index in [2.05, 4.69) is 9.82 Å². The molecule has 0 spiro atoms. The van der Waals surface area contributed by atoms with Crippen LogP contribution in [0.2, 0.25) is 0 Å². The van der Waals surface area contributed by atoms with Crippen molar-refractivity contribution in [3.05, 3.63) is 52.8 Å². The highest BCUT2D eigenvalue weighted by Crippen LogP contribution is 2.10. The Labute approximate surface area is 126 Å². The van der Waals surface area contributed by atoms with Gasteiger partial charge in [0.1, 0.15) is 0 Å². The van der Waals surface area contributed by atoms with Crippen LogP contribution in [0.5, 0.6) is 0 Å². The Morgan fingerprint density at radius 3 is 2.38 bits per heavy atom. The number of rotatable bonds is 6. The molecule has 2 aromatic rings. The number of hydrogen-bond donors (Lipinski definition) is 1. The van der Waals surface area contributed by atoms with Gasteiger partial charge < -0.3 is 0 Å². The minimum Gasteiger partial charge on any atom is -0.268 e. The maximum absolute atomic E-state index is 12.0. The number of aromatic nitrogens is 2. The lowest BCUT2D eigenvalue weighted by Gasteiger charge is -2.08. The van der Waals surface area contributed by atoms with Gasteiger partial charge in [-0.15, -0.1) is 0 Å². The van der Waals surface area contributed by atoms with Gasteiger partial charge in [-0.25, -0.2) is 13.1 Å². The fourth-order valence-corrected chi connectivity index (χ4v) is 3.29. The van der Waals surface area contributed by atoms with Crippen molar-refractivity contribution < 1.29 is 8.42 Å². The summed E-state index contributed by atoms with van der Waals surface area (Å²) in [5.74, 6) is 0.00395. The normalized spacial score (nSPS) is 11.8. The monoisotopic (exact) mass is 307 g/mol. The first-order valence-electron chi connectivity index (χ1n) is 6.91. The molecule has 0 fully saturated rings. The lowest BCUT2D eigenvalue weighted by Crippen LogP contribution is -2.29. The Morgan fingerprint density at radius 2 is 1.81 bits per heavy atom. The average Bonchev–Trinajstić information content (AvgIpc) is 2.67. The summed E-state index contributed by atoms with van der Waals surface area (Å²) in [5, 5.41) is 4.40. The van der Waals surface area contributed by atoms with Gasteiger partial charge in [0.05, 0.1) is 18.0 Å². The summed E-state index contributed by atoms with van der Waals surface area (Å²) in [6, 6.07) is 9.16. The summed E-state index contributed by atoms with van der Waals surface area (Å²) < 4.78 is 28.5. The van der Waals surface area contributed by atoms with Crippen LogP contribution in [0.1, 0.15) is 22.5 Å². The number of sulfonamides is 1. The van der Waals surface area contributed by atoms with Gasteiger partial charge in [0, 0.05) is 12.2 Å². The maximum atomic E-state index is 12.0. The fraction of sp³-hybridized carbons (Fsp3) is 0.400. The Balaban J connectivity index is 1.92. The van der Waals surface area contributed by atoms with Gasteiger partial charge >= 0.3 is 0 Å². The standard InChI is InChI=1S/C15H21N3O2S/c1-12-13(2)17-18(14(12)3)10-9-16-21(19,20)11-15-7-5-4-6-8-15/h4-8,16H,9-11H2,1-3H3. The molecular weight excluding hydrogens is 286 g/mol. The number of nitrogens with zero attached hydrogens (tertiary/aromatic N) is 2. The van der Waals surface area contributed by atoms with Crippen LogP contribution in [0.4, 0.5) is 0 Å². The zero-order chi connectivity index (χ0) is 15.5. The first kappa shape index (κ1) is 15.7. The van der Waals surface area contributed by atoms with E-state index >= 15 is 0 Å². The molecule has 0 aliphatic rings. The van der Waals surface area contributed by atoms with E-state index in [4.69, 9.17) is 0 Å². The van der Waals surface area contributed by atoms with E-state index in [1.54, 1.807) is 0 Å². The lowest BCUT2D eigenvalue weighted by molar-refractivity contribution is 0.553. The number of aryl methyl sites for hydroxylation is 1. The van der Waals surface area contributed by atoms with Gasteiger partial charge in [0.15, 0.2) is 0 Å².